The molecule has 3 atom stereocenters. The summed E-state index contributed by atoms with van der Waals surface area (Å²) in [5.74, 6) is 1.30. The average molecular weight is 548 g/mol. The number of amides is 1. The van der Waals surface area contributed by atoms with E-state index in [1.165, 1.54) is 26.2 Å². The van der Waals surface area contributed by atoms with E-state index in [4.69, 9.17) is 19.2 Å². The average Bonchev–Trinajstić information content (AvgIpc) is 2.96. The zero-order valence-electron chi connectivity index (χ0n) is 23.9. The van der Waals surface area contributed by atoms with E-state index in [9.17, 15) is 9.59 Å². The fraction of sp³-hybridized carbons (Fsp3) is 0.531. The van der Waals surface area contributed by atoms with Crippen molar-refractivity contribution in [3.63, 3.8) is 0 Å². The van der Waals surface area contributed by atoms with E-state index in [0.717, 1.165) is 67.0 Å². The van der Waals surface area contributed by atoms with Gasteiger partial charge in [0.2, 0.25) is 5.91 Å². The molecule has 8 nitrogen and oxygen atoms in total. The van der Waals surface area contributed by atoms with Crippen LogP contribution in [0.1, 0.15) is 81.4 Å². The number of hydrogen-bond acceptors (Lipinski definition) is 7. The van der Waals surface area contributed by atoms with Crippen molar-refractivity contribution in [1.29, 1.82) is 0 Å². The van der Waals surface area contributed by atoms with Gasteiger partial charge in [-0.1, -0.05) is 18.6 Å². The Bertz CT molecular complexity index is 1240. The van der Waals surface area contributed by atoms with Crippen LogP contribution in [0.15, 0.2) is 41.4 Å². The van der Waals surface area contributed by atoms with Gasteiger partial charge in [0, 0.05) is 42.6 Å². The van der Waals surface area contributed by atoms with Crippen LogP contribution in [-0.4, -0.2) is 68.0 Å². The van der Waals surface area contributed by atoms with Gasteiger partial charge in [0.05, 0.1) is 25.5 Å². The van der Waals surface area contributed by atoms with Gasteiger partial charge in [-0.3, -0.25) is 14.6 Å². The van der Waals surface area contributed by atoms with E-state index >= 15 is 0 Å². The van der Waals surface area contributed by atoms with Gasteiger partial charge in [0.1, 0.15) is 6.10 Å². The molecule has 1 amide bonds. The topological polar surface area (TPSA) is 89.5 Å². The van der Waals surface area contributed by atoms with Crippen LogP contribution < -0.4 is 14.8 Å². The van der Waals surface area contributed by atoms with Crippen LogP contribution in [0, 0.1) is 0 Å². The van der Waals surface area contributed by atoms with Crippen LogP contribution in [0.25, 0.3) is 0 Å². The van der Waals surface area contributed by atoms with Crippen molar-refractivity contribution in [2.45, 2.75) is 76.9 Å². The number of carbonyl (C=O) groups is 2. The van der Waals surface area contributed by atoms with Gasteiger partial charge in [-0.15, -0.1) is 0 Å². The van der Waals surface area contributed by atoms with Crippen molar-refractivity contribution in [3.8, 4) is 11.5 Å². The number of carbonyl (C=O) groups excluding carboxylic acids is 2. The molecule has 214 valence electrons. The SMILES string of the molecule is CCOc1cc2c(cc1OC)C(c1ccc(NC(=O)CCN3CCCCC3)cc1)=NC1CCC(OC(C)=O)CC21. The van der Waals surface area contributed by atoms with E-state index in [1.807, 2.05) is 37.3 Å². The van der Waals surface area contributed by atoms with Gasteiger partial charge in [-0.05, 0) is 81.9 Å². The highest BCUT2D eigenvalue weighted by atomic mass is 16.5. The molecular weight excluding hydrogens is 506 g/mol. The summed E-state index contributed by atoms with van der Waals surface area (Å²) in [4.78, 5) is 31.9. The molecule has 1 N–H and O–H groups in total. The number of aliphatic imine (C=N–C) groups is 1. The number of nitrogens with zero attached hydrogens (tertiary/aromatic N) is 2. The number of hydrogen-bond donors (Lipinski definition) is 1. The van der Waals surface area contributed by atoms with Crippen molar-refractivity contribution in [1.82, 2.24) is 4.90 Å². The highest BCUT2D eigenvalue weighted by Gasteiger charge is 2.38. The molecule has 1 saturated heterocycles. The molecule has 40 heavy (non-hydrogen) atoms. The van der Waals surface area contributed by atoms with Crippen molar-refractivity contribution >= 4 is 23.3 Å². The van der Waals surface area contributed by atoms with E-state index in [0.29, 0.717) is 24.5 Å². The highest BCUT2D eigenvalue weighted by Crippen LogP contribution is 2.45. The predicted molar refractivity (Wildman–Crippen MR) is 156 cm³/mol. The zero-order valence-corrected chi connectivity index (χ0v) is 23.9. The largest absolute Gasteiger partial charge is 0.493 e. The second-order valence-electron chi connectivity index (χ2n) is 11.0. The highest BCUT2D eigenvalue weighted by molar-refractivity contribution is 6.15. The summed E-state index contributed by atoms with van der Waals surface area (Å²) >= 11 is 0. The number of methoxy groups -OCH3 is 1. The van der Waals surface area contributed by atoms with Crippen LogP contribution >= 0.6 is 0 Å². The number of piperidine rings is 1. The summed E-state index contributed by atoms with van der Waals surface area (Å²) in [5.41, 5.74) is 4.83. The normalized spacial score (nSPS) is 22.4. The Balaban J connectivity index is 1.37. The molecule has 0 bridgehead atoms. The molecule has 0 radical (unpaired) electrons. The molecule has 2 heterocycles. The van der Waals surface area contributed by atoms with Gasteiger partial charge in [-0.2, -0.15) is 0 Å². The minimum Gasteiger partial charge on any atom is -0.493 e. The summed E-state index contributed by atoms with van der Waals surface area (Å²) < 4.78 is 17.2. The summed E-state index contributed by atoms with van der Waals surface area (Å²) in [5, 5.41) is 3.05. The Hall–Kier alpha value is -3.39. The first-order chi connectivity index (χ1) is 19.4. The predicted octanol–water partition coefficient (Wildman–Crippen LogP) is 5.33. The lowest BCUT2D eigenvalue weighted by molar-refractivity contribution is -0.148. The van der Waals surface area contributed by atoms with Crippen LogP contribution in [0.2, 0.25) is 0 Å². The molecule has 1 aliphatic carbocycles. The Kier molecular flexibility index (Phi) is 9.04. The molecule has 3 unspecified atom stereocenters. The maximum atomic E-state index is 12.6. The van der Waals surface area contributed by atoms with Gasteiger partial charge >= 0.3 is 5.97 Å². The number of esters is 1. The number of benzene rings is 2. The summed E-state index contributed by atoms with van der Waals surface area (Å²) in [6, 6.07) is 12.1. The Morgan fingerprint density at radius 3 is 2.52 bits per heavy atom. The third kappa shape index (κ3) is 6.49. The zero-order chi connectivity index (χ0) is 28.1. The second kappa shape index (κ2) is 12.9. The smallest absolute Gasteiger partial charge is 0.302 e. The van der Waals surface area contributed by atoms with Gasteiger partial charge in [-0.25, -0.2) is 0 Å². The summed E-state index contributed by atoms with van der Waals surface area (Å²) in [6.07, 6.45) is 6.50. The lowest BCUT2D eigenvalue weighted by Gasteiger charge is -2.38. The van der Waals surface area contributed by atoms with E-state index in [-0.39, 0.29) is 29.9 Å². The Labute approximate surface area is 237 Å². The van der Waals surface area contributed by atoms with Crippen LogP contribution in [0.5, 0.6) is 11.5 Å². The minimum absolute atomic E-state index is 0.0410. The van der Waals surface area contributed by atoms with Gasteiger partial charge in [0.15, 0.2) is 11.5 Å². The quantitative estimate of drug-likeness (QED) is 0.427. The molecule has 1 saturated carbocycles. The van der Waals surface area contributed by atoms with Crippen LogP contribution in [-0.2, 0) is 14.3 Å². The first-order valence-electron chi connectivity index (χ1n) is 14.7. The van der Waals surface area contributed by atoms with E-state index in [2.05, 4.69) is 16.3 Å². The third-order valence-corrected chi connectivity index (χ3v) is 8.23. The lowest BCUT2D eigenvalue weighted by Crippen LogP contribution is -2.36. The van der Waals surface area contributed by atoms with Gasteiger partial charge < -0.3 is 24.4 Å². The van der Waals surface area contributed by atoms with E-state index in [1.54, 1.807) is 7.11 Å². The fourth-order valence-corrected chi connectivity index (χ4v) is 6.30. The number of fused-ring (bicyclic) bond motifs is 3. The molecule has 2 aromatic rings. The molecule has 0 spiro atoms. The standard InChI is InChI=1S/C32H41N3O5/c1-4-39-30-19-25-26-18-24(40-21(2)36)12-13-28(26)34-32(27(25)20-29(30)38-3)22-8-10-23(11-9-22)33-31(37)14-17-35-15-6-5-7-16-35/h8-11,19-20,24,26,28H,4-7,12-18H2,1-3H3,(H,33,37). The van der Waals surface area contributed by atoms with E-state index < -0.39 is 0 Å². The molecule has 0 aromatic heterocycles. The van der Waals surface area contributed by atoms with Crippen LogP contribution in [0.3, 0.4) is 0 Å². The Morgan fingerprint density at radius 1 is 1.05 bits per heavy atom. The molecule has 2 fully saturated rings. The Morgan fingerprint density at radius 2 is 1.82 bits per heavy atom. The van der Waals surface area contributed by atoms with Crippen LogP contribution in [0.4, 0.5) is 5.69 Å². The monoisotopic (exact) mass is 547 g/mol. The second-order valence-corrected chi connectivity index (χ2v) is 11.0. The fourth-order valence-electron chi connectivity index (χ4n) is 6.30. The number of nitrogens with one attached hydrogen (secondary N) is 1. The summed E-state index contributed by atoms with van der Waals surface area (Å²) in [6.45, 7) is 6.95. The number of likely N-dealkylation sites (tertiary alicyclic amines) is 1. The number of anilines is 1. The lowest BCUT2D eigenvalue weighted by atomic mass is 9.74. The number of rotatable bonds is 9. The maximum Gasteiger partial charge on any atom is 0.302 e. The third-order valence-electron chi connectivity index (χ3n) is 8.23. The van der Waals surface area contributed by atoms with Crippen molar-refractivity contribution in [2.75, 3.05) is 38.7 Å². The van der Waals surface area contributed by atoms with Gasteiger partial charge in [0.25, 0.3) is 0 Å². The first-order valence-corrected chi connectivity index (χ1v) is 14.7. The molecule has 2 aromatic carbocycles. The maximum absolute atomic E-state index is 12.6. The molecular formula is C32H41N3O5. The van der Waals surface area contributed by atoms with Crippen molar-refractivity contribution in [3.05, 3.63) is 53.1 Å². The first kappa shape index (κ1) is 28.1. The molecule has 2 aliphatic heterocycles. The van der Waals surface area contributed by atoms with Crippen molar-refractivity contribution in [2.24, 2.45) is 4.99 Å². The van der Waals surface area contributed by atoms with Crippen molar-refractivity contribution < 1.29 is 23.8 Å². The summed E-state index contributed by atoms with van der Waals surface area (Å²) in [7, 11) is 1.65. The molecule has 5 rings (SSSR count). The molecule has 3 aliphatic rings. The minimum atomic E-state index is -0.243. The number of ether oxygens (including phenoxy) is 3. The molecule has 8 heteroatoms.